The summed E-state index contributed by atoms with van der Waals surface area (Å²) in [6, 6.07) is 11.0. The predicted molar refractivity (Wildman–Crippen MR) is 102 cm³/mol. The maximum atomic E-state index is 12.4. The van der Waals surface area contributed by atoms with E-state index in [0.717, 1.165) is 12.2 Å². The number of ether oxygens (including phenoxy) is 1. The second-order valence-electron chi connectivity index (χ2n) is 5.29. The van der Waals surface area contributed by atoms with Crippen molar-refractivity contribution in [3.8, 4) is 0 Å². The number of carbonyl (C=O) groups is 2. The monoisotopic (exact) mass is 374 g/mol. The Morgan fingerprint density at radius 2 is 2.00 bits per heavy atom. The molecule has 2 N–H and O–H groups in total. The van der Waals surface area contributed by atoms with E-state index in [0.29, 0.717) is 24.4 Å². The number of anilines is 1. The zero-order chi connectivity index (χ0) is 17.5. The van der Waals surface area contributed by atoms with E-state index in [2.05, 4.69) is 10.6 Å². The van der Waals surface area contributed by atoms with Gasteiger partial charge in [-0.1, -0.05) is 18.2 Å². The van der Waals surface area contributed by atoms with Crippen molar-refractivity contribution in [1.82, 2.24) is 5.32 Å². The number of benzene rings is 1. The molecule has 1 aromatic carbocycles. The van der Waals surface area contributed by atoms with Crippen LogP contribution in [-0.4, -0.2) is 30.7 Å². The zero-order valence-electron chi connectivity index (χ0n) is 13.5. The molecule has 1 aliphatic rings. The normalized spacial score (nSPS) is 13.5. The molecule has 3 rings (SSSR count). The maximum Gasteiger partial charge on any atom is 0.291 e. The van der Waals surface area contributed by atoms with Crippen molar-refractivity contribution in [2.75, 3.05) is 24.2 Å². The van der Waals surface area contributed by atoms with E-state index in [9.17, 15) is 9.59 Å². The molecule has 1 aliphatic heterocycles. The van der Waals surface area contributed by atoms with Gasteiger partial charge in [0.15, 0.2) is 5.76 Å². The van der Waals surface area contributed by atoms with Gasteiger partial charge in [-0.3, -0.25) is 9.59 Å². The lowest BCUT2D eigenvalue weighted by Crippen LogP contribution is -2.27. The minimum atomic E-state index is -0.342. The van der Waals surface area contributed by atoms with Crippen LogP contribution in [0.3, 0.4) is 0 Å². The molecule has 25 heavy (non-hydrogen) atoms. The SMILES string of the molecule is O=C(Nc1ccccc1C(=O)NCCc1cccs1)C1=CSCCO1. The van der Waals surface area contributed by atoms with Crippen molar-refractivity contribution < 1.29 is 14.3 Å². The van der Waals surface area contributed by atoms with Gasteiger partial charge in [0, 0.05) is 22.6 Å². The molecule has 1 aromatic heterocycles. The van der Waals surface area contributed by atoms with E-state index in [1.165, 1.54) is 16.6 Å². The number of para-hydroxylation sites is 1. The highest BCUT2D eigenvalue weighted by Crippen LogP contribution is 2.19. The molecular weight excluding hydrogens is 356 g/mol. The Bertz CT molecular complexity index is 772. The van der Waals surface area contributed by atoms with E-state index < -0.39 is 0 Å². The van der Waals surface area contributed by atoms with Gasteiger partial charge in [0.1, 0.15) is 0 Å². The number of carbonyl (C=O) groups excluding carboxylic acids is 2. The molecule has 2 aromatic rings. The lowest BCUT2D eigenvalue weighted by Gasteiger charge is -2.15. The largest absolute Gasteiger partial charge is 0.487 e. The van der Waals surface area contributed by atoms with Crippen LogP contribution in [0, 0.1) is 0 Å². The third-order valence-corrected chi connectivity index (χ3v) is 5.25. The lowest BCUT2D eigenvalue weighted by atomic mass is 10.1. The van der Waals surface area contributed by atoms with Crippen LogP contribution in [0.4, 0.5) is 5.69 Å². The third-order valence-electron chi connectivity index (χ3n) is 3.53. The van der Waals surface area contributed by atoms with Gasteiger partial charge in [0.2, 0.25) is 0 Å². The molecule has 0 fully saturated rings. The number of rotatable bonds is 6. The molecule has 0 bridgehead atoms. The van der Waals surface area contributed by atoms with E-state index in [4.69, 9.17) is 4.74 Å². The Hall–Kier alpha value is -2.25. The van der Waals surface area contributed by atoms with E-state index in [-0.39, 0.29) is 17.6 Å². The van der Waals surface area contributed by atoms with Crippen molar-refractivity contribution in [3.05, 3.63) is 63.4 Å². The van der Waals surface area contributed by atoms with Gasteiger partial charge in [-0.05, 0) is 30.0 Å². The summed E-state index contributed by atoms with van der Waals surface area (Å²) in [4.78, 5) is 25.9. The van der Waals surface area contributed by atoms with E-state index >= 15 is 0 Å². The van der Waals surface area contributed by atoms with Crippen LogP contribution >= 0.6 is 23.1 Å². The Kier molecular flexibility index (Phi) is 6.14. The summed E-state index contributed by atoms with van der Waals surface area (Å²) in [5.41, 5.74) is 0.910. The molecule has 0 saturated carbocycles. The van der Waals surface area contributed by atoms with E-state index in [1.807, 2.05) is 17.5 Å². The minimum absolute atomic E-state index is 0.208. The standard InChI is InChI=1S/C18H18N2O3S2/c21-17(19-8-7-13-4-3-10-25-13)14-5-1-2-6-15(14)20-18(22)16-12-24-11-9-23-16/h1-6,10,12H,7-9,11H2,(H,19,21)(H,20,22). The highest BCUT2D eigenvalue weighted by atomic mass is 32.2. The smallest absolute Gasteiger partial charge is 0.291 e. The summed E-state index contributed by atoms with van der Waals surface area (Å²) in [5, 5.41) is 9.37. The van der Waals surface area contributed by atoms with Gasteiger partial charge in [0.25, 0.3) is 11.8 Å². The first-order valence-corrected chi connectivity index (χ1v) is 9.82. The summed E-state index contributed by atoms with van der Waals surface area (Å²) < 4.78 is 5.35. The van der Waals surface area contributed by atoms with Crippen molar-refractivity contribution in [2.45, 2.75) is 6.42 Å². The molecule has 0 unspecified atom stereocenters. The molecule has 2 heterocycles. The van der Waals surface area contributed by atoms with Crippen LogP contribution in [0.15, 0.2) is 52.9 Å². The molecule has 0 spiro atoms. The summed E-state index contributed by atoms with van der Waals surface area (Å²) in [7, 11) is 0. The number of hydrogen-bond donors (Lipinski definition) is 2. The Morgan fingerprint density at radius 1 is 1.12 bits per heavy atom. The number of nitrogens with one attached hydrogen (secondary N) is 2. The molecule has 130 valence electrons. The second-order valence-corrected chi connectivity index (χ2v) is 7.30. The highest BCUT2D eigenvalue weighted by molar-refractivity contribution is 8.02. The topological polar surface area (TPSA) is 67.4 Å². The van der Waals surface area contributed by atoms with E-state index in [1.54, 1.807) is 41.0 Å². The van der Waals surface area contributed by atoms with Gasteiger partial charge in [-0.25, -0.2) is 0 Å². The first-order chi connectivity index (χ1) is 12.2. The fourth-order valence-electron chi connectivity index (χ4n) is 2.31. The first kappa shape index (κ1) is 17.6. The summed E-state index contributed by atoms with van der Waals surface area (Å²) in [6.45, 7) is 1.06. The average Bonchev–Trinajstić information content (AvgIpc) is 3.16. The van der Waals surface area contributed by atoms with Gasteiger partial charge in [0.05, 0.1) is 17.9 Å². The fourth-order valence-corrected chi connectivity index (χ4v) is 3.64. The third kappa shape index (κ3) is 4.87. The highest BCUT2D eigenvalue weighted by Gasteiger charge is 2.17. The number of thioether (sulfide) groups is 1. The van der Waals surface area contributed by atoms with Crippen LogP contribution in [0.1, 0.15) is 15.2 Å². The average molecular weight is 374 g/mol. The Balaban J connectivity index is 1.62. The molecule has 0 atom stereocenters. The van der Waals surface area contributed by atoms with Crippen LogP contribution in [0.2, 0.25) is 0 Å². The van der Waals surface area contributed by atoms with Crippen molar-refractivity contribution in [2.24, 2.45) is 0 Å². The lowest BCUT2D eigenvalue weighted by molar-refractivity contribution is -0.116. The predicted octanol–water partition coefficient (Wildman–Crippen LogP) is 3.26. The molecule has 0 aliphatic carbocycles. The summed E-state index contributed by atoms with van der Waals surface area (Å²) in [5.74, 6) is 0.565. The minimum Gasteiger partial charge on any atom is -0.487 e. The van der Waals surface area contributed by atoms with Gasteiger partial charge >= 0.3 is 0 Å². The van der Waals surface area contributed by atoms with Gasteiger partial charge in [-0.15, -0.1) is 23.1 Å². The molecule has 7 heteroatoms. The maximum absolute atomic E-state index is 12.4. The van der Waals surface area contributed by atoms with Gasteiger partial charge < -0.3 is 15.4 Å². The molecular formula is C18H18N2O3S2. The van der Waals surface area contributed by atoms with Crippen molar-refractivity contribution in [3.63, 3.8) is 0 Å². The molecule has 0 radical (unpaired) electrons. The van der Waals surface area contributed by atoms with Gasteiger partial charge in [-0.2, -0.15) is 0 Å². The zero-order valence-corrected chi connectivity index (χ0v) is 15.1. The van der Waals surface area contributed by atoms with Crippen molar-refractivity contribution >= 4 is 40.6 Å². The fraction of sp³-hybridized carbons (Fsp3) is 0.222. The number of amides is 2. The first-order valence-electron chi connectivity index (χ1n) is 7.89. The van der Waals surface area contributed by atoms with Crippen LogP contribution < -0.4 is 10.6 Å². The molecule has 5 nitrogen and oxygen atoms in total. The van der Waals surface area contributed by atoms with Crippen LogP contribution in [0.25, 0.3) is 0 Å². The van der Waals surface area contributed by atoms with Crippen molar-refractivity contribution in [1.29, 1.82) is 0 Å². The number of hydrogen-bond acceptors (Lipinski definition) is 5. The van der Waals surface area contributed by atoms with Crippen LogP contribution in [0.5, 0.6) is 0 Å². The summed E-state index contributed by atoms with van der Waals surface area (Å²) in [6.07, 6.45) is 0.788. The Morgan fingerprint density at radius 3 is 2.76 bits per heavy atom. The quantitative estimate of drug-likeness (QED) is 0.814. The van der Waals surface area contributed by atoms with Crippen LogP contribution in [-0.2, 0) is 16.0 Å². The molecule has 2 amide bonds. The molecule has 0 saturated heterocycles. The number of thiophene rings is 1. The summed E-state index contributed by atoms with van der Waals surface area (Å²) >= 11 is 3.20. The Labute approximate surface area is 154 Å². The second kappa shape index (κ2) is 8.73.